The van der Waals surface area contributed by atoms with Crippen LogP contribution in [0.3, 0.4) is 0 Å². The molecule has 2 saturated heterocycles. The summed E-state index contributed by atoms with van der Waals surface area (Å²) < 4.78 is 57.9. The quantitative estimate of drug-likeness (QED) is 0.131. The zero-order chi connectivity index (χ0) is 38.6. The number of anilines is 2. The van der Waals surface area contributed by atoms with Gasteiger partial charge in [-0.2, -0.15) is 8.61 Å². The number of hydrogen-bond donors (Lipinski definition) is 2. The van der Waals surface area contributed by atoms with Crippen LogP contribution in [0.2, 0.25) is 0 Å². The highest BCUT2D eigenvalue weighted by Crippen LogP contribution is 2.32. The molecule has 2 fully saturated rings. The highest BCUT2D eigenvalue weighted by Gasteiger charge is 2.41. The Morgan fingerprint density at radius 1 is 0.685 bits per heavy atom. The molecule has 10 nitrogen and oxygen atoms in total. The molecule has 2 atom stereocenters. The maximum absolute atomic E-state index is 13.6. The van der Waals surface area contributed by atoms with Gasteiger partial charge in [0.2, 0.25) is 31.9 Å². The van der Waals surface area contributed by atoms with Crippen LogP contribution in [0.25, 0.3) is 12.2 Å². The summed E-state index contributed by atoms with van der Waals surface area (Å²) >= 11 is 3.41. The first-order valence-electron chi connectivity index (χ1n) is 18.0. The molecule has 0 aliphatic carbocycles. The molecule has 54 heavy (non-hydrogen) atoms. The van der Waals surface area contributed by atoms with Crippen molar-refractivity contribution in [1.29, 1.82) is 0 Å². The maximum atomic E-state index is 13.6. The third-order valence-electron chi connectivity index (χ3n) is 9.88. The molecule has 4 aromatic rings. The predicted octanol–water partition coefficient (Wildman–Crippen LogP) is 6.12. The van der Waals surface area contributed by atoms with Crippen molar-refractivity contribution in [2.75, 3.05) is 23.7 Å². The van der Waals surface area contributed by atoms with Crippen LogP contribution in [-0.2, 0) is 42.5 Å². The normalized spacial score (nSPS) is 18.3. The second-order valence-electron chi connectivity index (χ2n) is 13.4. The summed E-state index contributed by atoms with van der Waals surface area (Å²) in [6.07, 6.45) is 6.93. The molecule has 14 heteroatoms. The van der Waals surface area contributed by atoms with E-state index in [4.69, 9.17) is 7.85 Å². The molecule has 2 aliphatic heterocycles. The summed E-state index contributed by atoms with van der Waals surface area (Å²) in [5.41, 5.74) is 4.69. The van der Waals surface area contributed by atoms with Crippen molar-refractivity contribution in [2.24, 2.45) is 0 Å². The number of carbonyl (C=O) groups is 2. The number of sulfonamides is 2. The highest BCUT2D eigenvalue weighted by atomic mass is 79.9. The molecule has 0 aromatic heterocycles. The molecule has 0 saturated carbocycles. The molecule has 0 bridgehead atoms. The molecule has 0 spiro atoms. The van der Waals surface area contributed by atoms with Gasteiger partial charge in [-0.3, -0.25) is 9.59 Å². The van der Waals surface area contributed by atoms with E-state index in [1.165, 1.54) is 14.7 Å². The first-order valence-corrected chi connectivity index (χ1v) is 21.7. The van der Waals surface area contributed by atoms with Crippen LogP contribution >= 0.6 is 15.9 Å². The molecule has 6 rings (SSSR count). The van der Waals surface area contributed by atoms with Crippen molar-refractivity contribution in [2.45, 2.75) is 74.2 Å². The third-order valence-corrected chi connectivity index (χ3v) is 14.4. The van der Waals surface area contributed by atoms with Crippen LogP contribution in [-0.4, -0.2) is 70.3 Å². The molecule has 2 N–H and O–H groups in total. The van der Waals surface area contributed by atoms with E-state index in [1.54, 1.807) is 54.6 Å². The largest absolute Gasteiger partial charge is 0.325 e. The van der Waals surface area contributed by atoms with Crippen LogP contribution < -0.4 is 16.1 Å². The Morgan fingerprint density at radius 2 is 1.11 bits per heavy atom. The Bertz CT molecular complexity index is 2120. The average Bonchev–Trinajstić information content (AvgIpc) is 3.87. The predicted molar refractivity (Wildman–Crippen MR) is 218 cm³/mol. The first-order chi connectivity index (χ1) is 25.8. The smallest absolute Gasteiger partial charge is 0.244 e. The minimum atomic E-state index is -3.90. The number of hydrogen-bond acceptors (Lipinski definition) is 6. The maximum Gasteiger partial charge on any atom is 0.244 e. The van der Waals surface area contributed by atoms with Crippen molar-refractivity contribution in [1.82, 2.24) is 8.61 Å². The van der Waals surface area contributed by atoms with Gasteiger partial charge in [-0.05, 0) is 109 Å². The summed E-state index contributed by atoms with van der Waals surface area (Å²) in [6, 6.07) is 22.7. The van der Waals surface area contributed by atoms with Crippen LogP contribution in [0.4, 0.5) is 11.4 Å². The van der Waals surface area contributed by atoms with Crippen molar-refractivity contribution < 1.29 is 26.4 Å². The molecular weight excluding hydrogens is 787 g/mol. The Balaban J connectivity index is 1.05. The summed E-state index contributed by atoms with van der Waals surface area (Å²) in [5, 5.41) is 5.77. The van der Waals surface area contributed by atoms with E-state index in [2.05, 4.69) is 26.6 Å². The van der Waals surface area contributed by atoms with Gasteiger partial charge in [0.1, 0.15) is 19.9 Å². The number of nitrogens with one attached hydrogen (secondary N) is 2. The second kappa shape index (κ2) is 16.7. The lowest BCUT2D eigenvalue weighted by Crippen LogP contribution is -2.43. The third kappa shape index (κ3) is 8.58. The summed E-state index contributed by atoms with van der Waals surface area (Å²) in [6.45, 7) is 4.32. The van der Waals surface area contributed by atoms with Gasteiger partial charge in [0.05, 0.1) is 9.79 Å². The topological polar surface area (TPSA) is 133 Å². The fourth-order valence-corrected chi connectivity index (χ4v) is 11.3. The van der Waals surface area contributed by atoms with Crippen molar-refractivity contribution >= 4 is 84.6 Å². The summed E-state index contributed by atoms with van der Waals surface area (Å²) in [7, 11) is -1.87. The molecule has 0 unspecified atom stereocenters. The van der Waals surface area contributed by atoms with Gasteiger partial charge >= 0.3 is 0 Å². The van der Waals surface area contributed by atoms with Crippen molar-refractivity contribution in [3.05, 3.63) is 112 Å². The van der Waals surface area contributed by atoms with Gasteiger partial charge in [-0.15, -0.1) is 0 Å². The van der Waals surface area contributed by atoms with E-state index in [-0.39, 0.29) is 34.7 Å². The second-order valence-corrected chi connectivity index (χ2v) is 18.1. The van der Waals surface area contributed by atoms with Crippen molar-refractivity contribution in [3.63, 3.8) is 0 Å². The minimum Gasteiger partial charge on any atom is -0.325 e. The van der Waals surface area contributed by atoms with E-state index in [0.29, 0.717) is 66.5 Å². The average molecular weight is 830 g/mol. The van der Waals surface area contributed by atoms with E-state index >= 15 is 0 Å². The number of amides is 2. The fourth-order valence-electron chi connectivity index (χ4n) is 7.03. The van der Waals surface area contributed by atoms with Crippen LogP contribution in [0.5, 0.6) is 0 Å². The molecule has 2 amide bonds. The number of carbonyl (C=O) groups excluding carboxylic acids is 2. The minimum absolute atomic E-state index is 0.182. The molecular formula is C40H42BBrN4O6S2. The zero-order valence-electron chi connectivity index (χ0n) is 30.2. The summed E-state index contributed by atoms with van der Waals surface area (Å²) in [5.74, 6) is -0.742. The standard InChI is InChI=1S/C40H42BBrN4O6S2/c1-3-29-25-31(41)15-21-37(29)53(49,50)45-23-5-7-35(45)39(47)43-33-17-11-27(12-18-33)9-10-28-13-19-34(20-14-28)44-40(48)36-8-6-24-46(36)54(51,52)38-22-16-32(42)26-30(38)4-2/h9-22,25-26,35-36H,3-8,23-24H2,1-2H3,(H,43,47)(H,44,48)/b10-9+/t35-,36-/m0/s1. The van der Waals surface area contributed by atoms with Crippen LogP contribution in [0, 0.1) is 0 Å². The molecule has 2 radical (unpaired) electrons. The number of benzene rings is 4. The van der Waals surface area contributed by atoms with Crippen LogP contribution in [0.1, 0.15) is 61.8 Å². The van der Waals surface area contributed by atoms with Gasteiger partial charge in [0.15, 0.2) is 0 Å². The van der Waals surface area contributed by atoms with Gasteiger partial charge in [0, 0.05) is 28.9 Å². The molecule has 2 aliphatic rings. The van der Waals surface area contributed by atoms with Crippen molar-refractivity contribution in [3.8, 4) is 0 Å². The van der Waals surface area contributed by atoms with Gasteiger partial charge in [0.25, 0.3) is 0 Å². The van der Waals surface area contributed by atoms with E-state index in [9.17, 15) is 26.4 Å². The molecule has 280 valence electrons. The lowest BCUT2D eigenvalue weighted by molar-refractivity contribution is -0.119. The van der Waals surface area contributed by atoms with E-state index < -0.39 is 32.1 Å². The number of rotatable bonds is 12. The van der Waals surface area contributed by atoms with Gasteiger partial charge in [-0.25, -0.2) is 16.8 Å². The first kappa shape index (κ1) is 39.6. The lowest BCUT2D eigenvalue weighted by Gasteiger charge is -2.24. The Hall–Kier alpha value is -4.08. The summed E-state index contributed by atoms with van der Waals surface area (Å²) in [4.78, 5) is 27.1. The highest BCUT2D eigenvalue weighted by molar-refractivity contribution is 9.10. The Morgan fingerprint density at radius 3 is 1.56 bits per heavy atom. The number of aryl methyl sites for hydroxylation is 2. The number of halogens is 1. The Labute approximate surface area is 327 Å². The molecule has 2 heterocycles. The Kier molecular flexibility index (Phi) is 12.3. The van der Waals surface area contributed by atoms with E-state index in [1.807, 2.05) is 50.3 Å². The zero-order valence-corrected chi connectivity index (χ0v) is 33.4. The van der Waals surface area contributed by atoms with Gasteiger partial charge in [-0.1, -0.05) is 83.8 Å². The van der Waals surface area contributed by atoms with Crippen LogP contribution in [0.15, 0.2) is 99.2 Å². The molecule has 4 aromatic carbocycles. The number of nitrogens with zero attached hydrogens (tertiary/aromatic N) is 2. The fraction of sp³-hybridized carbons (Fsp3) is 0.300. The SMILES string of the molecule is [B]c1ccc(S(=O)(=O)N2CCC[C@H]2C(=O)Nc2ccc(/C=C/c3ccc(NC(=O)[C@@H]4CCCN4S(=O)(=O)c4ccc(Br)cc4CC)cc3)cc2)c(CC)c1. The van der Waals surface area contributed by atoms with Gasteiger partial charge < -0.3 is 10.6 Å². The monoisotopic (exact) mass is 828 g/mol. The lowest BCUT2D eigenvalue weighted by atomic mass is 9.94. The van der Waals surface area contributed by atoms with E-state index in [0.717, 1.165) is 15.6 Å².